The van der Waals surface area contributed by atoms with Gasteiger partial charge in [-0.05, 0) is 49.8 Å². The van der Waals surface area contributed by atoms with Gasteiger partial charge < -0.3 is 59.1 Å². The van der Waals surface area contributed by atoms with Crippen molar-refractivity contribution in [1.29, 1.82) is 0 Å². The Morgan fingerprint density at radius 3 is 1.70 bits per heavy atom. The highest BCUT2D eigenvalue weighted by molar-refractivity contribution is 5.97. The first-order chi connectivity index (χ1) is 37.2. The van der Waals surface area contributed by atoms with Gasteiger partial charge in [-0.1, -0.05) is 152 Å². The van der Waals surface area contributed by atoms with Crippen molar-refractivity contribution in [3.63, 3.8) is 0 Å². The summed E-state index contributed by atoms with van der Waals surface area (Å²) in [6.07, 6.45) is 22.5. The Bertz CT molecular complexity index is 2440. The summed E-state index contributed by atoms with van der Waals surface area (Å²) >= 11 is 0. The molecule has 0 saturated heterocycles. The van der Waals surface area contributed by atoms with E-state index in [9.17, 15) is 33.6 Å². The molecule has 0 radical (unpaired) electrons. The molecule has 4 aromatic rings. The van der Waals surface area contributed by atoms with Crippen molar-refractivity contribution in [2.75, 3.05) is 6.54 Å². The van der Waals surface area contributed by atoms with Gasteiger partial charge >= 0.3 is 0 Å². The molecule has 6 atom stereocenters. The largest absolute Gasteiger partial charge is 0.370 e. The monoisotopic (exact) mass is 1070 g/mol. The molecule has 2 aromatic carbocycles. The second-order valence-electron chi connectivity index (χ2n) is 20.1. The lowest BCUT2D eigenvalue weighted by Crippen LogP contribution is -2.60. The van der Waals surface area contributed by atoms with Crippen LogP contribution in [0.5, 0.6) is 0 Å². The van der Waals surface area contributed by atoms with Gasteiger partial charge in [0.1, 0.15) is 36.3 Å². The van der Waals surface area contributed by atoms with Gasteiger partial charge in [0.2, 0.25) is 41.4 Å². The lowest BCUT2D eigenvalue weighted by atomic mass is 10.0. The average Bonchev–Trinajstić information content (AvgIpc) is 4.09. The topological polar surface area (TPSA) is 327 Å². The number of nitrogens with two attached hydrogens (primary N) is 3. The summed E-state index contributed by atoms with van der Waals surface area (Å²) in [7, 11) is 0. The maximum absolute atomic E-state index is 14.5. The molecule has 422 valence electrons. The Kier molecular flexibility index (Phi) is 28.4. The smallest absolute Gasteiger partial charge is 0.243 e. The molecule has 0 fully saturated rings. The number of amides is 7. The molecule has 0 aliphatic rings. The molecule has 0 aliphatic heterocycles. The first-order valence-corrected chi connectivity index (χ1v) is 27.9. The zero-order chi connectivity index (χ0) is 55.8. The number of guanidine groups is 1. The van der Waals surface area contributed by atoms with Gasteiger partial charge in [0.15, 0.2) is 5.96 Å². The van der Waals surface area contributed by atoms with Crippen LogP contribution in [0, 0.1) is 0 Å². The van der Waals surface area contributed by atoms with E-state index in [4.69, 9.17) is 17.2 Å². The summed E-state index contributed by atoms with van der Waals surface area (Å²) in [4.78, 5) is 111. The van der Waals surface area contributed by atoms with Crippen LogP contribution in [0.15, 0.2) is 78.3 Å². The van der Waals surface area contributed by atoms with Crippen molar-refractivity contribution in [1.82, 2.24) is 46.9 Å². The van der Waals surface area contributed by atoms with Gasteiger partial charge in [-0.25, -0.2) is 4.98 Å². The molecule has 4 rings (SSSR count). The Morgan fingerprint density at radius 1 is 0.545 bits per heavy atom. The van der Waals surface area contributed by atoms with E-state index in [0.29, 0.717) is 30.5 Å². The molecule has 2 heterocycles. The Labute approximate surface area is 454 Å². The number of aliphatic imine (C=N–C) groups is 1. The number of fused-ring (bicyclic) bond motifs is 1. The molecule has 0 spiro atoms. The third-order valence-corrected chi connectivity index (χ3v) is 13.6. The SMILES string of the molecule is CCCCCCCCCCCCCCCC(=O)N[C@@H](CCCC)C(=O)N[C@@H](C)C(=O)N[C@@H](Cc1cnc[nH]1)C(=O)N[C@H](Cc1ccccc1)C(=O)N[C@@H](CCCN=C(N)N)C(=O)N[C@@H](Cc1c[nH]c2ccccc12)C(N)=O. The second-order valence-corrected chi connectivity index (χ2v) is 20.1. The molecule has 20 nitrogen and oxygen atoms in total. The minimum atomic E-state index is -1.29. The van der Waals surface area contributed by atoms with E-state index < -0.39 is 71.7 Å². The highest BCUT2D eigenvalue weighted by Crippen LogP contribution is 2.20. The van der Waals surface area contributed by atoms with Gasteiger partial charge in [-0.2, -0.15) is 0 Å². The molecule has 77 heavy (non-hydrogen) atoms. The van der Waals surface area contributed by atoms with E-state index in [1.54, 1.807) is 36.5 Å². The number of aromatic amines is 2. The van der Waals surface area contributed by atoms with Crippen molar-refractivity contribution in [3.05, 3.63) is 90.1 Å². The number of benzene rings is 2. The normalized spacial score (nSPS) is 13.5. The quantitative estimate of drug-likeness (QED) is 0.0160. The number of nitrogens with one attached hydrogen (secondary N) is 8. The van der Waals surface area contributed by atoms with Crippen LogP contribution in [0.4, 0.5) is 0 Å². The fraction of sp³-hybridized carbons (Fsp3) is 0.561. The molecular formula is C57H87N13O7. The van der Waals surface area contributed by atoms with Gasteiger partial charge in [0, 0.05) is 61.2 Å². The molecule has 14 N–H and O–H groups in total. The number of hydrogen-bond acceptors (Lipinski definition) is 9. The van der Waals surface area contributed by atoms with E-state index >= 15 is 0 Å². The number of aromatic nitrogens is 3. The first kappa shape index (κ1) is 62.3. The predicted octanol–water partition coefficient (Wildman–Crippen LogP) is 5.06. The van der Waals surface area contributed by atoms with Gasteiger partial charge in [0.25, 0.3) is 0 Å². The number of carbonyl (C=O) groups excluding carboxylic acids is 7. The van der Waals surface area contributed by atoms with Gasteiger partial charge in [0.05, 0.1) is 6.33 Å². The van der Waals surface area contributed by atoms with Crippen LogP contribution < -0.4 is 49.1 Å². The Hall–Kier alpha value is -7.25. The highest BCUT2D eigenvalue weighted by Gasteiger charge is 2.33. The van der Waals surface area contributed by atoms with Crippen molar-refractivity contribution in [3.8, 4) is 0 Å². The molecule has 0 aliphatic carbocycles. The number of unbranched alkanes of at least 4 members (excludes halogenated alkanes) is 13. The molecule has 2 aromatic heterocycles. The van der Waals surface area contributed by atoms with E-state index in [1.807, 2.05) is 31.2 Å². The van der Waals surface area contributed by atoms with Crippen LogP contribution in [0.3, 0.4) is 0 Å². The Balaban J connectivity index is 1.42. The minimum Gasteiger partial charge on any atom is -0.370 e. The lowest BCUT2D eigenvalue weighted by Gasteiger charge is -2.27. The number of para-hydroxylation sites is 1. The maximum Gasteiger partial charge on any atom is 0.243 e. The van der Waals surface area contributed by atoms with E-state index in [1.165, 1.54) is 77.2 Å². The standard InChI is InChI=1S/C57H87N13O7/c1-4-6-8-9-10-11-12-13-14-15-16-17-21-31-50(71)66-45(28-7-5-2)53(74)65-39(3)52(73)69-49(35-42-37-61-38-64-42)56(77)70-48(33-40-25-19-18-20-26-40)55(76)67-46(30-24-32-62-57(59)60)54(75)68-47(51(58)72)34-41-36-63-44-29-23-22-27-43(41)44/h18-20,22-23,25-27,29,36-39,45-49,63H,4-17,21,24,28,30-35H2,1-3H3,(H2,58,72)(H,61,64)(H,65,74)(H,66,71)(H,67,76)(H,68,75)(H,69,73)(H,70,77)(H4,59,60,62)/t39-,45-,46-,47-,48+,49-/m0/s1. The van der Waals surface area contributed by atoms with Gasteiger partial charge in [-0.3, -0.25) is 38.6 Å². The lowest BCUT2D eigenvalue weighted by molar-refractivity contribution is -0.135. The number of carbonyl (C=O) groups is 7. The number of nitrogens with zero attached hydrogens (tertiary/aromatic N) is 2. The molecule has 20 heteroatoms. The summed E-state index contributed by atoms with van der Waals surface area (Å²) in [5, 5.41) is 17.5. The number of imidazole rings is 1. The fourth-order valence-corrected chi connectivity index (χ4v) is 9.14. The predicted molar refractivity (Wildman–Crippen MR) is 301 cm³/mol. The fourth-order valence-electron chi connectivity index (χ4n) is 9.14. The summed E-state index contributed by atoms with van der Waals surface area (Å²) in [6, 6.07) is 9.42. The summed E-state index contributed by atoms with van der Waals surface area (Å²) < 4.78 is 0. The van der Waals surface area contributed by atoms with Crippen LogP contribution in [-0.4, -0.2) is 105 Å². The summed E-state index contributed by atoms with van der Waals surface area (Å²) in [5.74, 6) is -4.57. The zero-order valence-electron chi connectivity index (χ0n) is 45.6. The van der Waals surface area contributed by atoms with E-state index in [0.717, 1.165) is 48.6 Å². The van der Waals surface area contributed by atoms with Crippen molar-refractivity contribution in [2.24, 2.45) is 22.2 Å². The van der Waals surface area contributed by atoms with Crippen LogP contribution in [0.1, 0.15) is 160 Å². The van der Waals surface area contributed by atoms with Crippen LogP contribution >= 0.6 is 0 Å². The van der Waals surface area contributed by atoms with Crippen molar-refractivity contribution < 1.29 is 33.6 Å². The number of H-pyrrole nitrogens is 2. The van der Waals surface area contributed by atoms with Crippen LogP contribution in [-0.2, 0) is 52.8 Å². The first-order valence-electron chi connectivity index (χ1n) is 27.9. The number of primary amides is 1. The summed E-state index contributed by atoms with van der Waals surface area (Å²) in [5.41, 5.74) is 19.7. The average molecular weight is 1070 g/mol. The highest BCUT2D eigenvalue weighted by atomic mass is 16.2. The number of hydrogen-bond donors (Lipinski definition) is 11. The number of rotatable bonds is 39. The Morgan fingerprint density at radius 2 is 1.08 bits per heavy atom. The molecule has 7 amide bonds. The zero-order valence-corrected chi connectivity index (χ0v) is 45.6. The second kappa shape index (κ2) is 35.2. The minimum absolute atomic E-state index is 0.0212. The van der Waals surface area contributed by atoms with Crippen molar-refractivity contribution in [2.45, 2.75) is 198 Å². The third-order valence-electron chi connectivity index (χ3n) is 13.6. The van der Waals surface area contributed by atoms with E-state index in [-0.39, 0.29) is 50.5 Å². The molecule has 0 unspecified atom stereocenters. The molecular weight excluding hydrogens is 979 g/mol. The summed E-state index contributed by atoms with van der Waals surface area (Å²) in [6.45, 7) is 5.83. The van der Waals surface area contributed by atoms with E-state index in [2.05, 4.69) is 58.8 Å². The molecule has 0 bridgehead atoms. The maximum atomic E-state index is 14.5. The van der Waals surface area contributed by atoms with Crippen LogP contribution in [0.25, 0.3) is 10.9 Å². The molecule has 0 saturated carbocycles. The third kappa shape index (κ3) is 23.7. The van der Waals surface area contributed by atoms with Gasteiger partial charge in [-0.15, -0.1) is 0 Å². The van der Waals surface area contributed by atoms with Crippen molar-refractivity contribution >= 4 is 58.2 Å². The van der Waals surface area contributed by atoms with Crippen LogP contribution in [0.2, 0.25) is 0 Å².